The minimum atomic E-state index is -0.300. The van der Waals surface area contributed by atoms with Gasteiger partial charge in [-0.15, -0.1) is 6.58 Å². The molecule has 0 fully saturated rings. The van der Waals surface area contributed by atoms with Gasteiger partial charge in [-0.2, -0.15) is 0 Å². The number of hydrogen-bond acceptors (Lipinski definition) is 1. The van der Waals surface area contributed by atoms with Crippen LogP contribution in [-0.2, 0) is 5.54 Å². The second-order valence-electron chi connectivity index (χ2n) is 2.99. The molecule has 1 aromatic rings. The summed E-state index contributed by atoms with van der Waals surface area (Å²) >= 11 is 0. The van der Waals surface area contributed by atoms with E-state index in [2.05, 4.69) is 11.6 Å². The lowest BCUT2D eigenvalue weighted by molar-refractivity contribution is 0.489. The van der Waals surface area contributed by atoms with Crippen LogP contribution in [0.15, 0.2) is 31.0 Å². The summed E-state index contributed by atoms with van der Waals surface area (Å²) in [6.45, 7) is 5.65. The van der Waals surface area contributed by atoms with Gasteiger partial charge < -0.3 is 10.7 Å². The predicted molar refractivity (Wildman–Crippen MR) is 47.1 cm³/mol. The van der Waals surface area contributed by atoms with Gasteiger partial charge in [0, 0.05) is 11.9 Å². The van der Waals surface area contributed by atoms with Crippen molar-refractivity contribution in [1.82, 2.24) is 4.98 Å². The molecule has 0 aromatic carbocycles. The molecule has 11 heavy (non-hydrogen) atoms. The summed E-state index contributed by atoms with van der Waals surface area (Å²) in [6, 6.07) is 3.94. The Morgan fingerprint density at radius 2 is 2.55 bits per heavy atom. The molecule has 1 aromatic heterocycles. The Kier molecular flexibility index (Phi) is 2.15. The molecule has 1 rings (SSSR count). The zero-order valence-corrected chi connectivity index (χ0v) is 6.80. The minimum Gasteiger partial charge on any atom is -0.363 e. The molecule has 2 heteroatoms. The number of H-pyrrole nitrogens is 1. The molecule has 0 unspecified atom stereocenters. The molecule has 1 atom stereocenters. The van der Waals surface area contributed by atoms with Crippen molar-refractivity contribution in [3.05, 3.63) is 36.7 Å². The Morgan fingerprint density at radius 1 is 1.82 bits per heavy atom. The SMILES string of the molecule is C=CC[C@@](C)(N)c1ccc[nH]1. The van der Waals surface area contributed by atoms with Crippen molar-refractivity contribution >= 4 is 0 Å². The van der Waals surface area contributed by atoms with Gasteiger partial charge in [-0.3, -0.25) is 0 Å². The van der Waals surface area contributed by atoms with Crippen molar-refractivity contribution < 1.29 is 0 Å². The van der Waals surface area contributed by atoms with Crippen LogP contribution >= 0.6 is 0 Å². The molecule has 0 aliphatic heterocycles. The highest BCUT2D eigenvalue weighted by atomic mass is 14.8. The van der Waals surface area contributed by atoms with Crippen LogP contribution < -0.4 is 5.73 Å². The van der Waals surface area contributed by atoms with E-state index in [1.807, 2.05) is 31.3 Å². The largest absolute Gasteiger partial charge is 0.363 e. The zero-order chi connectivity index (χ0) is 8.32. The second-order valence-corrected chi connectivity index (χ2v) is 2.99. The van der Waals surface area contributed by atoms with Gasteiger partial charge in [-0.05, 0) is 25.5 Å². The molecule has 0 aliphatic rings. The van der Waals surface area contributed by atoms with Crippen molar-refractivity contribution in [2.45, 2.75) is 18.9 Å². The van der Waals surface area contributed by atoms with Gasteiger partial charge in [0.2, 0.25) is 0 Å². The summed E-state index contributed by atoms with van der Waals surface area (Å²) in [4.78, 5) is 3.09. The maximum atomic E-state index is 5.99. The Morgan fingerprint density at radius 3 is 3.00 bits per heavy atom. The predicted octanol–water partition coefficient (Wildman–Crippen LogP) is 1.76. The van der Waals surface area contributed by atoms with Gasteiger partial charge in [0.05, 0.1) is 5.54 Å². The maximum absolute atomic E-state index is 5.99. The first kappa shape index (κ1) is 8.08. The molecule has 2 nitrogen and oxygen atoms in total. The van der Waals surface area contributed by atoms with Crippen molar-refractivity contribution in [2.24, 2.45) is 5.73 Å². The fourth-order valence-corrected chi connectivity index (χ4v) is 1.10. The summed E-state index contributed by atoms with van der Waals surface area (Å²) in [5.74, 6) is 0. The molecule has 0 bridgehead atoms. The van der Waals surface area contributed by atoms with Crippen molar-refractivity contribution in [2.75, 3.05) is 0 Å². The second kappa shape index (κ2) is 2.93. The molecule has 1 heterocycles. The third kappa shape index (κ3) is 1.71. The summed E-state index contributed by atoms with van der Waals surface area (Å²) in [6.07, 6.45) is 4.50. The van der Waals surface area contributed by atoms with Crippen molar-refractivity contribution in [3.8, 4) is 0 Å². The first-order valence-corrected chi connectivity index (χ1v) is 3.70. The Balaban J connectivity index is 2.81. The van der Waals surface area contributed by atoms with Gasteiger partial charge in [-0.1, -0.05) is 6.08 Å². The van der Waals surface area contributed by atoms with Gasteiger partial charge in [-0.25, -0.2) is 0 Å². The quantitative estimate of drug-likeness (QED) is 0.633. The van der Waals surface area contributed by atoms with E-state index < -0.39 is 0 Å². The highest BCUT2D eigenvalue weighted by Gasteiger charge is 2.19. The number of nitrogens with one attached hydrogen (secondary N) is 1. The molecule has 60 valence electrons. The van der Waals surface area contributed by atoms with E-state index in [1.54, 1.807) is 0 Å². The third-order valence-electron chi connectivity index (χ3n) is 1.78. The molecule has 0 radical (unpaired) electrons. The Labute approximate surface area is 67.1 Å². The smallest absolute Gasteiger partial charge is 0.0567 e. The van der Waals surface area contributed by atoms with Crippen LogP contribution in [0.25, 0.3) is 0 Å². The van der Waals surface area contributed by atoms with E-state index in [-0.39, 0.29) is 5.54 Å². The molecule has 0 spiro atoms. The van der Waals surface area contributed by atoms with Gasteiger partial charge in [0.1, 0.15) is 0 Å². The van der Waals surface area contributed by atoms with Crippen LogP contribution in [0.3, 0.4) is 0 Å². The first-order chi connectivity index (χ1) is 5.17. The molecular formula is C9H14N2. The number of aromatic nitrogens is 1. The fraction of sp³-hybridized carbons (Fsp3) is 0.333. The lowest BCUT2D eigenvalue weighted by Gasteiger charge is -2.21. The molecule has 3 N–H and O–H groups in total. The van der Waals surface area contributed by atoms with Crippen LogP contribution in [0.2, 0.25) is 0 Å². The molecule has 0 amide bonds. The summed E-state index contributed by atoms with van der Waals surface area (Å²) in [5.41, 5.74) is 6.74. The summed E-state index contributed by atoms with van der Waals surface area (Å²) in [7, 11) is 0. The maximum Gasteiger partial charge on any atom is 0.0567 e. The van der Waals surface area contributed by atoms with Crippen LogP contribution in [0, 0.1) is 0 Å². The van der Waals surface area contributed by atoms with Gasteiger partial charge in [0.15, 0.2) is 0 Å². The van der Waals surface area contributed by atoms with Gasteiger partial charge >= 0.3 is 0 Å². The van der Waals surface area contributed by atoms with E-state index in [1.165, 1.54) is 0 Å². The highest BCUT2D eigenvalue weighted by molar-refractivity contribution is 5.15. The van der Waals surface area contributed by atoms with Crippen molar-refractivity contribution in [1.29, 1.82) is 0 Å². The lowest BCUT2D eigenvalue weighted by Crippen LogP contribution is -2.32. The highest BCUT2D eigenvalue weighted by Crippen LogP contribution is 2.19. The van der Waals surface area contributed by atoms with E-state index in [0.29, 0.717) is 0 Å². The van der Waals surface area contributed by atoms with Gasteiger partial charge in [0.25, 0.3) is 0 Å². The van der Waals surface area contributed by atoms with E-state index in [4.69, 9.17) is 5.73 Å². The molecule has 0 aliphatic carbocycles. The topological polar surface area (TPSA) is 41.8 Å². The Hall–Kier alpha value is -1.02. The van der Waals surface area contributed by atoms with Crippen LogP contribution in [0.4, 0.5) is 0 Å². The number of nitrogens with two attached hydrogens (primary N) is 1. The number of hydrogen-bond donors (Lipinski definition) is 2. The lowest BCUT2D eigenvalue weighted by atomic mass is 9.95. The molecule has 0 saturated carbocycles. The molecular weight excluding hydrogens is 136 g/mol. The van der Waals surface area contributed by atoms with E-state index in [0.717, 1.165) is 12.1 Å². The number of rotatable bonds is 3. The van der Waals surface area contributed by atoms with E-state index >= 15 is 0 Å². The van der Waals surface area contributed by atoms with Crippen LogP contribution in [0.1, 0.15) is 19.0 Å². The van der Waals surface area contributed by atoms with Crippen LogP contribution in [0.5, 0.6) is 0 Å². The fourth-order valence-electron chi connectivity index (χ4n) is 1.10. The standard InChI is InChI=1S/C9H14N2/c1-3-6-9(2,10)8-5-4-7-11-8/h3-5,7,11H,1,6,10H2,2H3/t9-/m1/s1. The summed E-state index contributed by atoms with van der Waals surface area (Å²) < 4.78 is 0. The van der Waals surface area contributed by atoms with E-state index in [9.17, 15) is 0 Å². The monoisotopic (exact) mass is 150 g/mol. The third-order valence-corrected chi connectivity index (χ3v) is 1.78. The average Bonchev–Trinajstić information content (AvgIpc) is 2.37. The average molecular weight is 150 g/mol. The minimum absolute atomic E-state index is 0.300. The van der Waals surface area contributed by atoms with Crippen molar-refractivity contribution in [3.63, 3.8) is 0 Å². The normalized spacial score (nSPS) is 15.8. The first-order valence-electron chi connectivity index (χ1n) is 3.70. The Bertz CT molecular complexity index is 222. The summed E-state index contributed by atoms with van der Waals surface area (Å²) in [5, 5.41) is 0. The van der Waals surface area contributed by atoms with Crippen LogP contribution in [-0.4, -0.2) is 4.98 Å². The number of aromatic amines is 1. The molecule has 0 saturated heterocycles. The zero-order valence-electron chi connectivity index (χ0n) is 6.80.